The van der Waals surface area contributed by atoms with E-state index in [4.69, 9.17) is 9.47 Å². The fraction of sp³-hybridized carbons (Fsp3) is 0.350. The number of ether oxygens (including phenoxy) is 2. The molecular formula is C20H24O4. The molecule has 4 heteroatoms. The number of hydrogen-bond acceptors (Lipinski definition) is 3. The second kappa shape index (κ2) is 8.08. The molecule has 0 radical (unpaired) electrons. The maximum Gasteiger partial charge on any atom is 0.313 e. The molecule has 0 saturated heterocycles. The lowest BCUT2D eigenvalue weighted by Crippen LogP contribution is -2.28. The van der Waals surface area contributed by atoms with Crippen molar-refractivity contribution in [2.24, 2.45) is 0 Å². The van der Waals surface area contributed by atoms with Gasteiger partial charge >= 0.3 is 5.97 Å². The van der Waals surface area contributed by atoms with Crippen LogP contribution in [0.1, 0.15) is 25.0 Å². The van der Waals surface area contributed by atoms with E-state index in [0.29, 0.717) is 19.8 Å². The summed E-state index contributed by atoms with van der Waals surface area (Å²) in [7, 11) is 1.65. The van der Waals surface area contributed by atoms with E-state index in [1.165, 1.54) is 0 Å². The molecule has 0 unspecified atom stereocenters. The van der Waals surface area contributed by atoms with Gasteiger partial charge in [0.05, 0.1) is 25.2 Å². The predicted octanol–water partition coefficient (Wildman–Crippen LogP) is 3.88. The van der Waals surface area contributed by atoms with Crippen LogP contribution in [-0.2, 0) is 26.3 Å². The molecule has 0 aliphatic heterocycles. The van der Waals surface area contributed by atoms with Crippen LogP contribution in [0.3, 0.4) is 0 Å². The summed E-state index contributed by atoms with van der Waals surface area (Å²) in [6, 6.07) is 15.8. The molecule has 24 heavy (non-hydrogen) atoms. The Hall–Kier alpha value is -2.17. The van der Waals surface area contributed by atoms with Crippen LogP contribution in [0.2, 0.25) is 0 Å². The lowest BCUT2D eigenvalue weighted by atomic mass is 9.84. The molecule has 2 aromatic carbocycles. The van der Waals surface area contributed by atoms with Gasteiger partial charge < -0.3 is 14.6 Å². The number of hydrogen-bond donors (Lipinski definition) is 1. The Morgan fingerprint density at radius 1 is 1.04 bits per heavy atom. The van der Waals surface area contributed by atoms with E-state index < -0.39 is 11.4 Å². The molecule has 0 bridgehead atoms. The summed E-state index contributed by atoms with van der Waals surface area (Å²) in [6.45, 7) is 5.06. The number of carboxylic acid groups (broad SMARTS) is 1. The minimum atomic E-state index is -0.901. The van der Waals surface area contributed by atoms with Crippen molar-refractivity contribution < 1.29 is 19.4 Å². The van der Waals surface area contributed by atoms with Crippen LogP contribution in [0.25, 0.3) is 11.1 Å². The summed E-state index contributed by atoms with van der Waals surface area (Å²) < 4.78 is 10.6. The van der Waals surface area contributed by atoms with Gasteiger partial charge in [-0.25, -0.2) is 0 Å². The first-order valence-corrected chi connectivity index (χ1v) is 7.95. The van der Waals surface area contributed by atoms with Gasteiger partial charge in [-0.2, -0.15) is 0 Å². The van der Waals surface area contributed by atoms with Crippen LogP contribution < -0.4 is 0 Å². The molecule has 1 N–H and O–H groups in total. The molecule has 0 aromatic heterocycles. The molecule has 2 rings (SSSR count). The summed E-state index contributed by atoms with van der Waals surface area (Å²) in [4.78, 5) is 11.4. The number of methoxy groups -OCH3 is 1. The van der Waals surface area contributed by atoms with Gasteiger partial charge in [-0.15, -0.1) is 0 Å². The molecule has 0 aliphatic rings. The van der Waals surface area contributed by atoms with Gasteiger partial charge in [0.1, 0.15) is 0 Å². The van der Waals surface area contributed by atoms with E-state index in [1.807, 2.05) is 48.5 Å². The van der Waals surface area contributed by atoms with E-state index in [2.05, 4.69) is 0 Å². The molecule has 0 aliphatic carbocycles. The fourth-order valence-corrected chi connectivity index (χ4v) is 2.44. The molecule has 0 atom stereocenters. The molecule has 4 nitrogen and oxygen atoms in total. The molecular weight excluding hydrogens is 304 g/mol. The largest absolute Gasteiger partial charge is 0.481 e. The average Bonchev–Trinajstić information content (AvgIpc) is 2.59. The Morgan fingerprint density at radius 2 is 1.71 bits per heavy atom. The zero-order valence-electron chi connectivity index (χ0n) is 14.4. The Morgan fingerprint density at radius 3 is 2.33 bits per heavy atom. The van der Waals surface area contributed by atoms with Gasteiger partial charge in [0.25, 0.3) is 0 Å². The minimum Gasteiger partial charge on any atom is -0.481 e. The number of benzene rings is 2. The third-order valence-corrected chi connectivity index (χ3v) is 4.16. The second-order valence-electron chi connectivity index (χ2n) is 6.21. The monoisotopic (exact) mass is 328 g/mol. The minimum absolute atomic E-state index is 0.516. The van der Waals surface area contributed by atoms with Crippen molar-refractivity contribution in [3.8, 4) is 11.1 Å². The summed E-state index contributed by atoms with van der Waals surface area (Å²) >= 11 is 0. The third-order valence-electron chi connectivity index (χ3n) is 4.16. The SMILES string of the molecule is COCCOCc1ccccc1-c1ccc(C(C)(C)C(=O)O)cc1. The first kappa shape index (κ1) is 18.2. The zero-order valence-corrected chi connectivity index (χ0v) is 14.4. The van der Waals surface area contributed by atoms with Crippen molar-refractivity contribution in [2.45, 2.75) is 25.9 Å². The maximum atomic E-state index is 11.4. The quantitative estimate of drug-likeness (QED) is 0.747. The van der Waals surface area contributed by atoms with Crippen molar-refractivity contribution in [2.75, 3.05) is 20.3 Å². The van der Waals surface area contributed by atoms with Crippen molar-refractivity contribution in [1.29, 1.82) is 0 Å². The molecule has 0 heterocycles. The lowest BCUT2D eigenvalue weighted by Gasteiger charge is -2.20. The highest BCUT2D eigenvalue weighted by molar-refractivity contribution is 5.80. The van der Waals surface area contributed by atoms with Crippen molar-refractivity contribution >= 4 is 5.97 Å². The second-order valence-corrected chi connectivity index (χ2v) is 6.21. The molecule has 128 valence electrons. The smallest absolute Gasteiger partial charge is 0.313 e. The van der Waals surface area contributed by atoms with Gasteiger partial charge in [-0.05, 0) is 36.1 Å². The number of rotatable bonds is 8. The van der Waals surface area contributed by atoms with Gasteiger partial charge in [-0.3, -0.25) is 4.79 Å². The van der Waals surface area contributed by atoms with Crippen molar-refractivity contribution in [3.05, 3.63) is 59.7 Å². The lowest BCUT2D eigenvalue weighted by molar-refractivity contribution is -0.142. The average molecular weight is 328 g/mol. The number of carbonyl (C=O) groups is 1. The fourth-order valence-electron chi connectivity index (χ4n) is 2.44. The van der Waals surface area contributed by atoms with Crippen LogP contribution in [0.5, 0.6) is 0 Å². The van der Waals surface area contributed by atoms with E-state index in [1.54, 1.807) is 21.0 Å². The number of aliphatic carboxylic acids is 1. The van der Waals surface area contributed by atoms with Gasteiger partial charge in [-0.1, -0.05) is 48.5 Å². The summed E-state index contributed by atoms with van der Waals surface area (Å²) in [5.74, 6) is -0.831. The van der Waals surface area contributed by atoms with E-state index in [0.717, 1.165) is 22.3 Å². The van der Waals surface area contributed by atoms with Gasteiger partial charge in [0, 0.05) is 7.11 Å². The first-order valence-electron chi connectivity index (χ1n) is 7.95. The first-order chi connectivity index (χ1) is 11.5. The summed E-state index contributed by atoms with van der Waals surface area (Å²) in [6.07, 6.45) is 0. The van der Waals surface area contributed by atoms with Crippen LogP contribution in [-0.4, -0.2) is 31.4 Å². The Balaban J connectivity index is 2.21. The maximum absolute atomic E-state index is 11.4. The van der Waals surface area contributed by atoms with E-state index >= 15 is 0 Å². The van der Waals surface area contributed by atoms with Crippen LogP contribution in [0, 0.1) is 0 Å². The van der Waals surface area contributed by atoms with Crippen LogP contribution in [0.4, 0.5) is 0 Å². The highest BCUT2D eigenvalue weighted by Gasteiger charge is 2.29. The zero-order chi connectivity index (χ0) is 17.6. The van der Waals surface area contributed by atoms with Crippen molar-refractivity contribution in [3.63, 3.8) is 0 Å². The van der Waals surface area contributed by atoms with Gasteiger partial charge in [0.15, 0.2) is 0 Å². The molecule has 0 fully saturated rings. The standard InChI is InChI=1S/C20H24O4/c1-20(2,19(21)22)17-10-8-15(9-11-17)18-7-5-4-6-16(18)14-24-13-12-23-3/h4-11H,12-14H2,1-3H3,(H,21,22). The molecule has 0 saturated carbocycles. The van der Waals surface area contributed by atoms with E-state index in [-0.39, 0.29) is 0 Å². The van der Waals surface area contributed by atoms with Crippen LogP contribution in [0.15, 0.2) is 48.5 Å². The predicted molar refractivity (Wildman–Crippen MR) is 94.1 cm³/mol. The van der Waals surface area contributed by atoms with E-state index in [9.17, 15) is 9.90 Å². The van der Waals surface area contributed by atoms with Crippen LogP contribution >= 0.6 is 0 Å². The highest BCUT2D eigenvalue weighted by Crippen LogP contribution is 2.29. The Kier molecular flexibility index (Phi) is 6.12. The molecule has 0 spiro atoms. The molecule has 2 aromatic rings. The van der Waals surface area contributed by atoms with Crippen molar-refractivity contribution in [1.82, 2.24) is 0 Å². The normalized spacial score (nSPS) is 11.5. The Bertz CT molecular complexity index is 674. The Labute approximate surface area is 143 Å². The topological polar surface area (TPSA) is 55.8 Å². The third kappa shape index (κ3) is 4.22. The molecule has 0 amide bonds. The highest BCUT2D eigenvalue weighted by atomic mass is 16.5. The van der Waals surface area contributed by atoms with Gasteiger partial charge in [0.2, 0.25) is 0 Å². The summed E-state index contributed by atoms with van der Waals surface area (Å²) in [5, 5.41) is 9.34. The number of carboxylic acids is 1. The summed E-state index contributed by atoms with van der Waals surface area (Å²) in [5.41, 5.74) is 3.12.